The summed E-state index contributed by atoms with van der Waals surface area (Å²) in [4.78, 5) is 16.7. The van der Waals surface area contributed by atoms with E-state index in [4.69, 9.17) is 0 Å². The Kier molecular flexibility index (Phi) is 5.29. The fourth-order valence-corrected chi connectivity index (χ4v) is 2.93. The van der Waals surface area contributed by atoms with Gasteiger partial charge in [0.25, 0.3) is 5.91 Å². The number of fused-ring (bicyclic) bond motifs is 1. The highest BCUT2D eigenvalue weighted by molar-refractivity contribution is 5.90. The molecule has 0 bridgehead atoms. The van der Waals surface area contributed by atoms with Gasteiger partial charge >= 0.3 is 0 Å². The predicted molar refractivity (Wildman–Crippen MR) is 111 cm³/mol. The van der Waals surface area contributed by atoms with Crippen LogP contribution in [0.25, 0.3) is 16.9 Å². The normalized spacial score (nSPS) is 11.1. The molecule has 1 amide bonds. The van der Waals surface area contributed by atoms with E-state index in [1.807, 2.05) is 59.1 Å². The van der Waals surface area contributed by atoms with Gasteiger partial charge in [0.2, 0.25) is 0 Å². The third-order valence-corrected chi connectivity index (χ3v) is 4.30. The molecule has 0 unspecified atom stereocenters. The molecule has 0 fully saturated rings. The Bertz CT molecular complexity index is 1170. The number of halogens is 1. The molecule has 0 atom stereocenters. The predicted octanol–water partition coefficient (Wildman–Crippen LogP) is 3.70. The number of pyridine rings is 1. The lowest BCUT2D eigenvalue weighted by atomic mass is 10.1. The van der Waals surface area contributed by atoms with E-state index in [1.54, 1.807) is 24.4 Å². The minimum absolute atomic E-state index is 0.100. The van der Waals surface area contributed by atoms with Gasteiger partial charge in [0, 0.05) is 11.8 Å². The van der Waals surface area contributed by atoms with Crippen LogP contribution in [0.15, 0.2) is 84.1 Å². The number of anilines is 1. The van der Waals surface area contributed by atoms with E-state index >= 15 is 0 Å². The van der Waals surface area contributed by atoms with Crippen molar-refractivity contribution in [1.29, 1.82) is 0 Å². The van der Waals surface area contributed by atoms with Crippen molar-refractivity contribution in [1.82, 2.24) is 14.8 Å². The van der Waals surface area contributed by atoms with Crippen molar-refractivity contribution in [3.8, 4) is 11.3 Å². The molecule has 0 spiro atoms. The van der Waals surface area contributed by atoms with Gasteiger partial charge in [0.15, 0.2) is 0 Å². The van der Waals surface area contributed by atoms with E-state index < -0.39 is 5.82 Å². The number of nitrogens with zero attached hydrogens (tertiary/aromatic N) is 3. The first-order valence-corrected chi connectivity index (χ1v) is 9.05. The minimum atomic E-state index is -0.415. The van der Waals surface area contributed by atoms with Gasteiger partial charge in [-0.25, -0.2) is 14.8 Å². The summed E-state index contributed by atoms with van der Waals surface area (Å²) in [6.45, 7) is -0.100. The van der Waals surface area contributed by atoms with Gasteiger partial charge in [-0.3, -0.25) is 9.20 Å². The van der Waals surface area contributed by atoms with Gasteiger partial charge in [-0.1, -0.05) is 48.5 Å². The number of carbonyl (C=O) groups excluding carboxylic acids is 1. The van der Waals surface area contributed by atoms with E-state index in [1.165, 1.54) is 6.07 Å². The average Bonchev–Trinajstić information content (AvgIpc) is 3.12. The SMILES string of the molecule is O=C(CNc1ccccc1F)N/N=C/c1c(-c2ccccc2)nc2ccccn12. The summed E-state index contributed by atoms with van der Waals surface area (Å²) in [5.74, 6) is -0.804. The van der Waals surface area contributed by atoms with Gasteiger partial charge < -0.3 is 5.32 Å². The molecule has 0 radical (unpaired) electrons. The van der Waals surface area contributed by atoms with Crippen molar-refractivity contribution in [3.05, 3.63) is 90.5 Å². The highest BCUT2D eigenvalue weighted by atomic mass is 19.1. The van der Waals surface area contributed by atoms with Crippen LogP contribution in [-0.4, -0.2) is 28.1 Å². The number of hydrogen-bond acceptors (Lipinski definition) is 4. The van der Waals surface area contributed by atoms with Gasteiger partial charge in [-0.15, -0.1) is 0 Å². The number of rotatable bonds is 6. The van der Waals surface area contributed by atoms with E-state index in [0.717, 1.165) is 22.6 Å². The van der Waals surface area contributed by atoms with Crippen LogP contribution >= 0.6 is 0 Å². The first kappa shape index (κ1) is 18.4. The molecule has 0 saturated carbocycles. The molecule has 2 heterocycles. The Balaban J connectivity index is 1.51. The number of amides is 1. The molecule has 2 N–H and O–H groups in total. The maximum Gasteiger partial charge on any atom is 0.259 e. The second-order valence-electron chi connectivity index (χ2n) is 6.27. The Labute approximate surface area is 166 Å². The van der Waals surface area contributed by atoms with Crippen molar-refractivity contribution in [2.75, 3.05) is 11.9 Å². The Morgan fingerprint density at radius 2 is 1.79 bits per heavy atom. The van der Waals surface area contributed by atoms with E-state index in [0.29, 0.717) is 0 Å². The molecule has 144 valence electrons. The topological polar surface area (TPSA) is 70.8 Å². The first-order valence-electron chi connectivity index (χ1n) is 9.05. The van der Waals surface area contributed by atoms with Crippen LogP contribution in [0.3, 0.4) is 0 Å². The fourth-order valence-electron chi connectivity index (χ4n) is 2.93. The zero-order valence-corrected chi connectivity index (χ0v) is 15.4. The lowest BCUT2D eigenvalue weighted by Crippen LogP contribution is -2.26. The molecule has 0 saturated heterocycles. The van der Waals surface area contributed by atoms with E-state index in [9.17, 15) is 9.18 Å². The van der Waals surface area contributed by atoms with Crippen LogP contribution in [0, 0.1) is 5.82 Å². The average molecular weight is 387 g/mol. The number of nitrogens with one attached hydrogen (secondary N) is 2. The first-order chi connectivity index (χ1) is 14.2. The number of carbonyl (C=O) groups is 1. The minimum Gasteiger partial charge on any atom is -0.374 e. The zero-order valence-electron chi connectivity index (χ0n) is 15.4. The van der Waals surface area contributed by atoms with Crippen LogP contribution in [0.1, 0.15) is 5.69 Å². The molecule has 29 heavy (non-hydrogen) atoms. The maximum absolute atomic E-state index is 13.6. The molecule has 0 aliphatic rings. The van der Waals surface area contributed by atoms with Crippen molar-refractivity contribution in [3.63, 3.8) is 0 Å². The second kappa shape index (κ2) is 8.35. The summed E-state index contributed by atoms with van der Waals surface area (Å²) in [5.41, 5.74) is 5.96. The van der Waals surface area contributed by atoms with E-state index in [-0.39, 0.29) is 18.1 Å². The highest BCUT2D eigenvalue weighted by Crippen LogP contribution is 2.23. The molecule has 2 aromatic heterocycles. The molecule has 4 rings (SSSR count). The number of imidazole rings is 1. The summed E-state index contributed by atoms with van der Waals surface area (Å²) in [6, 6.07) is 21.6. The van der Waals surface area contributed by atoms with Gasteiger partial charge in [-0.05, 0) is 24.3 Å². The third kappa shape index (κ3) is 4.14. The number of hydrogen-bond donors (Lipinski definition) is 2. The number of para-hydroxylation sites is 1. The lowest BCUT2D eigenvalue weighted by molar-refractivity contribution is -0.119. The molecular formula is C22H18FN5O. The summed E-state index contributed by atoms with van der Waals surface area (Å²) >= 11 is 0. The molecular weight excluding hydrogens is 369 g/mol. The number of benzene rings is 2. The van der Waals surface area contributed by atoms with Crippen molar-refractivity contribution in [2.24, 2.45) is 5.10 Å². The summed E-state index contributed by atoms with van der Waals surface area (Å²) in [5, 5.41) is 6.81. The third-order valence-electron chi connectivity index (χ3n) is 4.30. The smallest absolute Gasteiger partial charge is 0.259 e. The second-order valence-corrected chi connectivity index (χ2v) is 6.27. The van der Waals surface area contributed by atoms with Crippen LogP contribution in [0.2, 0.25) is 0 Å². The Morgan fingerprint density at radius 1 is 1.03 bits per heavy atom. The molecule has 0 aliphatic heterocycles. The van der Waals surface area contributed by atoms with Gasteiger partial charge in [0.1, 0.15) is 11.5 Å². The van der Waals surface area contributed by atoms with Gasteiger partial charge in [-0.2, -0.15) is 5.10 Å². The van der Waals surface area contributed by atoms with Crippen LogP contribution in [0.4, 0.5) is 10.1 Å². The standard InChI is InChI=1S/C22H18FN5O/c23-17-10-4-5-11-18(17)24-15-21(29)27-25-14-19-22(16-8-2-1-3-9-16)26-20-12-6-7-13-28(19)20/h1-14,24H,15H2,(H,27,29)/b25-14+. The molecule has 7 heteroatoms. The Hall–Kier alpha value is -4.00. The zero-order chi connectivity index (χ0) is 20.1. The number of hydrazone groups is 1. The summed E-state index contributed by atoms with van der Waals surface area (Å²) in [6.07, 6.45) is 3.45. The molecule has 4 aromatic rings. The number of aromatic nitrogens is 2. The molecule has 0 aliphatic carbocycles. The quantitative estimate of drug-likeness (QED) is 0.391. The Morgan fingerprint density at radius 3 is 2.62 bits per heavy atom. The van der Waals surface area contributed by atoms with Crippen LogP contribution < -0.4 is 10.7 Å². The van der Waals surface area contributed by atoms with Gasteiger partial charge in [0.05, 0.1) is 29.8 Å². The highest BCUT2D eigenvalue weighted by Gasteiger charge is 2.12. The van der Waals surface area contributed by atoms with Crippen molar-refractivity contribution >= 4 is 23.5 Å². The lowest BCUT2D eigenvalue weighted by Gasteiger charge is -2.06. The summed E-state index contributed by atoms with van der Waals surface area (Å²) in [7, 11) is 0. The van der Waals surface area contributed by atoms with Crippen LogP contribution in [0.5, 0.6) is 0 Å². The van der Waals surface area contributed by atoms with Crippen molar-refractivity contribution < 1.29 is 9.18 Å². The maximum atomic E-state index is 13.6. The monoisotopic (exact) mass is 387 g/mol. The largest absolute Gasteiger partial charge is 0.374 e. The fraction of sp³-hybridized carbons (Fsp3) is 0.0455. The molecule has 6 nitrogen and oxygen atoms in total. The van der Waals surface area contributed by atoms with Crippen molar-refractivity contribution in [2.45, 2.75) is 0 Å². The summed E-state index contributed by atoms with van der Waals surface area (Å²) < 4.78 is 15.5. The van der Waals surface area contributed by atoms with Crippen LogP contribution in [-0.2, 0) is 4.79 Å². The molecule has 2 aromatic carbocycles. The van der Waals surface area contributed by atoms with E-state index in [2.05, 4.69) is 20.8 Å².